The van der Waals surface area contributed by atoms with Gasteiger partial charge in [0.1, 0.15) is 17.6 Å². The third-order valence-corrected chi connectivity index (χ3v) is 4.22. The maximum absolute atomic E-state index is 12.8. The SMILES string of the molecule is CCc1ccc(C2COCCN2C(=O)Nc2ccc(C)nc2C)o1. The van der Waals surface area contributed by atoms with E-state index in [2.05, 4.69) is 10.3 Å². The van der Waals surface area contributed by atoms with Crippen molar-refractivity contribution in [3.63, 3.8) is 0 Å². The number of nitrogens with one attached hydrogen (secondary N) is 1. The second-order valence-electron chi connectivity index (χ2n) is 5.96. The Kier molecular flexibility index (Phi) is 4.85. The first kappa shape index (κ1) is 16.5. The molecular weight excluding hydrogens is 306 g/mol. The summed E-state index contributed by atoms with van der Waals surface area (Å²) in [5.74, 6) is 1.68. The number of hydrogen-bond acceptors (Lipinski definition) is 4. The van der Waals surface area contributed by atoms with E-state index < -0.39 is 0 Å². The molecule has 6 nitrogen and oxygen atoms in total. The monoisotopic (exact) mass is 329 g/mol. The number of carbonyl (C=O) groups excluding carboxylic acids is 1. The first-order chi connectivity index (χ1) is 11.6. The molecule has 3 heterocycles. The number of furan rings is 1. The lowest BCUT2D eigenvalue weighted by atomic mass is 10.2. The second kappa shape index (κ2) is 7.05. The molecule has 3 rings (SSSR count). The predicted molar refractivity (Wildman–Crippen MR) is 91.1 cm³/mol. The number of pyridine rings is 1. The molecule has 2 aromatic heterocycles. The summed E-state index contributed by atoms with van der Waals surface area (Å²) < 4.78 is 11.4. The van der Waals surface area contributed by atoms with Crippen LogP contribution >= 0.6 is 0 Å². The van der Waals surface area contributed by atoms with Crippen LogP contribution in [0.4, 0.5) is 10.5 Å². The summed E-state index contributed by atoms with van der Waals surface area (Å²) >= 11 is 0. The average molecular weight is 329 g/mol. The molecule has 2 aromatic rings. The molecule has 1 atom stereocenters. The van der Waals surface area contributed by atoms with Crippen LogP contribution in [0.2, 0.25) is 0 Å². The Labute approximate surface area is 141 Å². The van der Waals surface area contributed by atoms with Crippen LogP contribution in [0.15, 0.2) is 28.7 Å². The molecule has 0 aliphatic carbocycles. The van der Waals surface area contributed by atoms with Gasteiger partial charge in [0.15, 0.2) is 0 Å². The van der Waals surface area contributed by atoms with Crippen LogP contribution in [0.5, 0.6) is 0 Å². The fraction of sp³-hybridized carbons (Fsp3) is 0.444. The van der Waals surface area contributed by atoms with Crippen LogP contribution < -0.4 is 5.32 Å². The topological polar surface area (TPSA) is 67.6 Å². The number of ether oxygens (including phenoxy) is 1. The highest BCUT2D eigenvalue weighted by atomic mass is 16.5. The number of aromatic nitrogens is 1. The van der Waals surface area contributed by atoms with Crippen LogP contribution in [0.25, 0.3) is 0 Å². The summed E-state index contributed by atoms with van der Waals surface area (Å²) in [5, 5.41) is 2.95. The molecule has 1 saturated heterocycles. The van der Waals surface area contributed by atoms with Crippen LogP contribution in [0.1, 0.15) is 35.9 Å². The van der Waals surface area contributed by atoms with Gasteiger partial charge in [-0.15, -0.1) is 0 Å². The summed E-state index contributed by atoms with van der Waals surface area (Å²) in [7, 11) is 0. The van der Waals surface area contributed by atoms with Gasteiger partial charge < -0.3 is 19.4 Å². The van der Waals surface area contributed by atoms with E-state index in [1.165, 1.54) is 0 Å². The van der Waals surface area contributed by atoms with Crippen molar-refractivity contribution in [1.82, 2.24) is 9.88 Å². The third kappa shape index (κ3) is 3.43. The van der Waals surface area contributed by atoms with E-state index in [0.717, 1.165) is 35.0 Å². The van der Waals surface area contributed by atoms with Gasteiger partial charge in [0, 0.05) is 18.7 Å². The summed E-state index contributed by atoms with van der Waals surface area (Å²) in [6.07, 6.45) is 0.827. The van der Waals surface area contributed by atoms with Crippen LogP contribution in [-0.4, -0.2) is 35.7 Å². The van der Waals surface area contributed by atoms with Gasteiger partial charge >= 0.3 is 6.03 Å². The third-order valence-electron chi connectivity index (χ3n) is 4.22. The zero-order valence-corrected chi connectivity index (χ0v) is 14.3. The first-order valence-corrected chi connectivity index (χ1v) is 8.26. The lowest BCUT2D eigenvalue weighted by Crippen LogP contribution is -2.45. The highest BCUT2D eigenvalue weighted by Crippen LogP contribution is 2.27. The highest BCUT2D eigenvalue weighted by Gasteiger charge is 2.31. The molecule has 1 aliphatic heterocycles. The molecule has 0 saturated carbocycles. The van der Waals surface area contributed by atoms with Crippen molar-refractivity contribution < 1.29 is 13.9 Å². The van der Waals surface area contributed by atoms with Crippen molar-refractivity contribution in [3.05, 3.63) is 47.2 Å². The standard InChI is InChI=1S/C18H23N3O3/c1-4-14-6-8-17(24-14)16-11-23-10-9-21(16)18(22)20-15-7-5-12(2)19-13(15)3/h5-8,16H,4,9-11H2,1-3H3,(H,20,22). The Morgan fingerprint density at radius 3 is 2.88 bits per heavy atom. The molecule has 128 valence electrons. The second-order valence-corrected chi connectivity index (χ2v) is 5.96. The van der Waals surface area contributed by atoms with Gasteiger partial charge in [-0.1, -0.05) is 6.92 Å². The number of nitrogens with zero attached hydrogens (tertiary/aromatic N) is 2. The van der Waals surface area contributed by atoms with E-state index in [0.29, 0.717) is 19.8 Å². The van der Waals surface area contributed by atoms with E-state index in [1.54, 1.807) is 4.90 Å². The number of aryl methyl sites for hydroxylation is 3. The summed E-state index contributed by atoms with van der Waals surface area (Å²) in [4.78, 5) is 18.9. The number of carbonyl (C=O) groups is 1. The summed E-state index contributed by atoms with van der Waals surface area (Å²) in [6.45, 7) is 7.35. The van der Waals surface area contributed by atoms with Gasteiger partial charge in [-0.05, 0) is 38.1 Å². The number of hydrogen-bond donors (Lipinski definition) is 1. The fourth-order valence-corrected chi connectivity index (χ4v) is 2.85. The Morgan fingerprint density at radius 2 is 2.17 bits per heavy atom. The average Bonchev–Trinajstić information content (AvgIpc) is 3.06. The number of anilines is 1. The number of urea groups is 1. The fourth-order valence-electron chi connectivity index (χ4n) is 2.85. The van der Waals surface area contributed by atoms with Gasteiger partial charge in [-0.25, -0.2) is 4.79 Å². The molecule has 0 aromatic carbocycles. The molecule has 0 radical (unpaired) electrons. The van der Waals surface area contributed by atoms with E-state index in [-0.39, 0.29) is 12.1 Å². The molecule has 2 amide bonds. The molecule has 1 fully saturated rings. The van der Waals surface area contributed by atoms with Crippen molar-refractivity contribution in [2.45, 2.75) is 33.2 Å². The number of morpholine rings is 1. The zero-order valence-electron chi connectivity index (χ0n) is 14.3. The Bertz CT molecular complexity index is 726. The van der Waals surface area contributed by atoms with Crippen LogP contribution in [0.3, 0.4) is 0 Å². The molecule has 1 N–H and O–H groups in total. The quantitative estimate of drug-likeness (QED) is 0.936. The molecule has 0 bridgehead atoms. The van der Waals surface area contributed by atoms with Gasteiger partial charge in [0.25, 0.3) is 0 Å². The molecule has 24 heavy (non-hydrogen) atoms. The first-order valence-electron chi connectivity index (χ1n) is 8.26. The van der Waals surface area contributed by atoms with Crippen LogP contribution in [-0.2, 0) is 11.2 Å². The highest BCUT2D eigenvalue weighted by molar-refractivity contribution is 5.90. The number of rotatable bonds is 3. The molecule has 1 unspecified atom stereocenters. The summed E-state index contributed by atoms with van der Waals surface area (Å²) in [5.41, 5.74) is 2.46. The van der Waals surface area contributed by atoms with Crippen molar-refractivity contribution in [2.75, 3.05) is 25.1 Å². The van der Waals surface area contributed by atoms with E-state index >= 15 is 0 Å². The molecule has 1 aliphatic rings. The maximum atomic E-state index is 12.8. The van der Waals surface area contributed by atoms with Gasteiger partial charge in [0.05, 0.1) is 24.6 Å². The molecule has 0 spiro atoms. The minimum Gasteiger partial charge on any atom is -0.464 e. The predicted octanol–water partition coefficient (Wildman–Crippen LogP) is 3.46. The van der Waals surface area contributed by atoms with Crippen molar-refractivity contribution in [1.29, 1.82) is 0 Å². The number of amides is 2. The van der Waals surface area contributed by atoms with Gasteiger partial charge in [-0.2, -0.15) is 0 Å². The lowest BCUT2D eigenvalue weighted by Gasteiger charge is -2.34. The lowest BCUT2D eigenvalue weighted by molar-refractivity contribution is 0.00701. The summed E-state index contributed by atoms with van der Waals surface area (Å²) in [6, 6.07) is 7.28. The minimum atomic E-state index is -0.210. The van der Waals surface area contributed by atoms with E-state index in [4.69, 9.17) is 9.15 Å². The largest absolute Gasteiger partial charge is 0.464 e. The van der Waals surface area contributed by atoms with Gasteiger partial charge in [0.2, 0.25) is 0 Å². The van der Waals surface area contributed by atoms with E-state index in [9.17, 15) is 4.79 Å². The van der Waals surface area contributed by atoms with Crippen molar-refractivity contribution in [2.24, 2.45) is 0 Å². The van der Waals surface area contributed by atoms with E-state index in [1.807, 2.05) is 45.0 Å². The van der Waals surface area contributed by atoms with Gasteiger partial charge in [-0.3, -0.25) is 4.98 Å². The zero-order chi connectivity index (χ0) is 17.1. The molecule has 6 heteroatoms. The Morgan fingerprint density at radius 1 is 1.33 bits per heavy atom. The Hall–Kier alpha value is -2.34. The molecular formula is C18H23N3O3. The maximum Gasteiger partial charge on any atom is 0.322 e. The Balaban J connectivity index is 1.78. The minimum absolute atomic E-state index is 0.161. The van der Waals surface area contributed by atoms with Crippen LogP contribution in [0, 0.1) is 13.8 Å². The smallest absolute Gasteiger partial charge is 0.322 e. The normalized spacial score (nSPS) is 17.8. The van der Waals surface area contributed by atoms with Crippen molar-refractivity contribution in [3.8, 4) is 0 Å². The van der Waals surface area contributed by atoms with Crippen molar-refractivity contribution >= 4 is 11.7 Å².